The molecule has 0 bridgehead atoms. The van der Waals surface area contributed by atoms with Crippen LogP contribution in [-0.2, 0) is 19.1 Å². The van der Waals surface area contributed by atoms with E-state index in [1.165, 1.54) is 308 Å². The van der Waals surface area contributed by atoms with E-state index in [2.05, 4.69) is 38.2 Å². The van der Waals surface area contributed by atoms with Crippen molar-refractivity contribution < 1.29 is 24.2 Å². The fourth-order valence-corrected chi connectivity index (χ4v) is 10.3. The van der Waals surface area contributed by atoms with Crippen molar-refractivity contribution in [3.63, 3.8) is 0 Å². The molecule has 0 radical (unpaired) electrons. The van der Waals surface area contributed by atoms with Gasteiger partial charge in [0.2, 0.25) is 0 Å². The van der Waals surface area contributed by atoms with Gasteiger partial charge >= 0.3 is 11.9 Å². The zero-order chi connectivity index (χ0) is 52.0. The van der Waals surface area contributed by atoms with Crippen LogP contribution in [-0.4, -0.2) is 36.4 Å². The lowest BCUT2D eigenvalue weighted by Gasteiger charge is -2.15. The van der Waals surface area contributed by atoms with Gasteiger partial charge in [-0.1, -0.05) is 340 Å². The molecule has 0 aliphatic carbocycles. The molecule has 0 spiro atoms. The summed E-state index contributed by atoms with van der Waals surface area (Å²) < 4.78 is 10.8. The van der Waals surface area contributed by atoms with E-state index in [-0.39, 0.29) is 25.2 Å². The topological polar surface area (TPSA) is 72.8 Å². The zero-order valence-corrected chi connectivity index (χ0v) is 49.0. The van der Waals surface area contributed by atoms with E-state index < -0.39 is 6.10 Å². The molecule has 0 saturated carbocycles. The predicted octanol–water partition coefficient (Wildman–Crippen LogP) is 22.4. The van der Waals surface area contributed by atoms with Crippen molar-refractivity contribution in [1.82, 2.24) is 0 Å². The summed E-state index contributed by atoms with van der Waals surface area (Å²) in [5, 5.41) is 9.69. The van der Waals surface area contributed by atoms with Crippen LogP contribution < -0.4 is 0 Å². The summed E-state index contributed by atoms with van der Waals surface area (Å²) in [5.74, 6) is -0.565. The molecular formula is C67H128O5. The third-order valence-corrected chi connectivity index (χ3v) is 15.2. The van der Waals surface area contributed by atoms with E-state index in [9.17, 15) is 14.7 Å². The summed E-state index contributed by atoms with van der Waals surface area (Å²) in [7, 11) is 0. The SMILES string of the molecule is CCCCCCC/C=C\C/C=C\CCCCCCCCCCCCCCCCCCCC(=O)OC(CO)COC(=O)CCCCCCCCCCCCCCCCCCCCCCCCCCCCCCC. The predicted molar refractivity (Wildman–Crippen MR) is 316 cm³/mol. The molecule has 0 amide bonds. The highest BCUT2D eigenvalue weighted by atomic mass is 16.6. The summed E-state index contributed by atoms with van der Waals surface area (Å²) in [5.41, 5.74) is 0. The summed E-state index contributed by atoms with van der Waals surface area (Å²) in [6, 6.07) is 0. The molecule has 0 saturated heterocycles. The van der Waals surface area contributed by atoms with Crippen LogP contribution in [0.1, 0.15) is 373 Å². The lowest BCUT2D eigenvalue weighted by molar-refractivity contribution is -0.161. The first-order chi connectivity index (χ1) is 35.6. The Balaban J connectivity index is 3.39. The molecule has 0 aromatic rings. The molecule has 1 N–H and O–H groups in total. The third-order valence-electron chi connectivity index (χ3n) is 15.2. The van der Waals surface area contributed by atoms with Gasteiger partial charge in [-0.3, -0.25) is 9.59 Å². The molecule has 72 heavy (non-hydrogen) atoms. The first-order valence-corrected chi connectivity index (χ1v) is 32.9. The normalized spacial score (nSPS) is 12.2. The van der Waals surface area contributed by atoms with Gasteiger partial charge in [0.1, 0.15) is 6.61 Å². The molecule has 5 heteroatoms. The number of carbonyl (C=O) groups is 2. The van der Waals surface area contributed by atoms with Gasteiger partial charge in [-0.15, -0.1) is 0 Å². The van der Waals surface area contributed by atoms with E-state index >= 15 is 0 Å². The largest absolute Gasteiger partial charge is 0.462 e. The molecule has 1 atom stereocenters. The van der Waals surface area contributed by atoms with Crippen molar-refractivity contribution in [2.45, 2.75) is 380 Å². The van der Waals surface area contributed by atoms with Gasteiger partial charge in [-0.25, -0.2) is 0 Å². The fourth-order valence-electron chi connectivity index (χ4n) is 10.3. The van der Waals surface area contributed by atoms with Crippen LogP contribution in [0.15, 0.2) is 24.3 Å². The Bertz CT molecular complexity index is 1100. The average Bonchev–Trinajstić information content (AvgIpc) is 3.38. The van der Waals surface area contributed by atoms with Crippen molar-refractivity contribution in [2.75, 3.05) is 13.2 Å². The molecule has 0 aliphatic rings. The Kier molecular flexibility index (Phi) is 62.2. The van der Waals surface area contributed by atoms with Crippen LogP contribution in [0.2, 0.25) is 0 Å². The molecule has 0 aromatic heterocycles. The van der Waals surface area contributed by atoms with Gasteiger partial charge in [-0.05, 0) is 44.9 Å². The Morgan fingerprint density at radius 2 is 0.556 bits per heavy atom. The lowest BCUT2D eigenvalue weighted by Crippen LogP contribution is -2.28. The van der Waals surface area contributed by atoms with Crippen molar-refractivity contribution in [2.24, 2.45) is 0 Å². The van der Waals surface area contributed by atoms with E-state index in [0.717, 1.165) is 38.5 Å². The Hall–Kier alpha value is -1.62. The second kappa shape index (κ2) is 63.7. The number of allylic oxidation sites excluding steroid dienone is 4. The van der Waals surface area contributed by atoms with Crippen LogP contribution in [0, 0.1) is 0 Å². The number of hydrogen-bond acceptors (Lipinski definition) is 5. The van der Waals surface area contributed by atoms with E-state index in [4.69, 9.17) is 9.47 Å². The summed E-state index contributed by atoms with van der Waals surface area (Å²) in [4.78, 5) is 24.6. The molecule has 426 valence electrons. The summed E-state index contributed by atoms with van der Waals surface area (Å²) in [6.07, 6.45) is 82.0. The number of aliphatic hydroxyl groups excluding tert-OH is 1. The number of esters is 2. The second-order valence-corrected chi connectivity index (χ2v) is 22.6. The summed E-state index contributed by atoms with van der Waals surface area (Å²) in [6.45, 7) is 4.20. The van der Waals surface area contributed by atoms with Gasteiger partial charge in [0.25, 0.3) is 0 Å². The Morgan fingerprint density at radius 3 is 0.819 bits per heavy atom. The van der Waals surface area contributed by atoms with Gasteiger partial charge in [0, 0.05) is 12.8 Å². The molecule has 0 fully saturated rings. The highest BCUT2D eigenvalue weighted by Gasteiger charge is 2.16. The molecule has 5 nitrogen and oxygen atoms in total. The van der Waals surface area contributed by atoms with Crippen LogP contribution in [0.3, 0.4) is 0 Å². The number of unbranched alkanes of at least 4 members (excludes halogenated alkanes) is 50. The summed E-state index contributed by atoms with van der Waals surface area (Å²) >= 11 is 0. The zero-order valence-electron chi connectivity index (χ0n) is 49.0. The fraction of sp³-hybridized carbons (Fsp3) is 0.910. The number of carbonyl (C=O) groups excluding carboxylic acids is 2. The van der Waals surface area contributed by atoms with Gasteiger partial charge in [0.05, 0.1) is 6.61 Å². The Labute approximate surface area is 451 Å². The van der Waals surface area contributed by atoms with Crippen LogP contribution in [0.4, 0.5) is 0 Å². The minimum atomic E-state index is -0.768. The minimum Gasteiger partial charge on any atom is -0.462 e. The monoisotopic (exact) mass is 1010 g/mol. The van der Waals surface area contributed by atoms with Gasteiger partial charge < -0.3 is 14.6 Å². The third kappa shape index (κ3) is 60.9. The number of ether oxygens (including phenoxy) is 2. The molecule has 1 unspecified atom stereocenters. The van der Waals surface area contributed by atoms with Crippen molar-refractivity contribution in [1.29, 1.82) is 0 Å². The second-order valence-electron chi connectivity index (χ2n) is 22.6. The molecule has 0 rings (SSSR count). The standard InChI is InChI=1S/C67H128O5/c1-3-5-7-9-11-13-15-17-19-21-23-25-27-29-31-33-35-37-39-41-43-45-47-49-51-53-55-57-59-61-66(69)71-64-65(63-68)72-67(70)62-60-58-56-54-52-50-48-46-44-42-40-38-36-34-32-30-28-26-24-22-20-18-16-14-12-10-8-6-4-2/h16,18,22,24,65,68H,3-15,17,19-21,23,25-64H2,1-2H3/b18-16-,24-22-. The van der Waals surface area contributed by atoms with Crippen LogP contribution in [0.25, 0.3) is 0 Å². The molecule has 0 aromatic carbocycles. The highest BCUT2D eigenvalue weighted by molar-refractivity contribution is 5.70. The van der Waals surface area contributed by atoms with Crippen molar-refractivity contribution in [3.8, 4) is 0 Å². The average molecular weight is 1010 g/mol. The van der Waals surface area contributed by atoms with Crippen molar-refractivity contribution in [3.05, 3.63) is 24.3 Å². The molecule has 0 heterocycles. The minimum absolute atomic E-state index is 0.0583. The van der Waals surface area contributed by atoms with Gasteiger partial charge in [0.15, 0.2) is 6.10 Å². The van der Waals surface area contributed by atoms with Crippen molar-refractivity contribution >= 4 is 11.9 Å². The number of hydrogen-bond donors (Lipinski definition) is 1. The maximum Gasteiger partial charge on any atom is 0.306 e. The van der Waals surface area contributed by atoms with Gasteiger partial charge in [-0.2, -0.15) is 0 Å². The smallest absolute Gasteiger partial charge is 0.306 e. The first-order valence-electron chi connectivity index (χ1n) is 32.9. The van der Waals surface area contributed by atoms with E-state index in [1.54, 1.807) is 0 Å². The lowest BCUT2D eigenvalue weighted by atomic mass is 10.0. The van der Waals surface area contributed by atoms with E-state index in [0.29, 0.717) is 12.8 Å². The highest BCUT2D eigenvalue weighted by Crippen LogP contribution is 2.19. The first kappa shape index (κ1) is 70.4. The number of aliphatic hydroxyl groups is 1. The quantitative estimate of drug-likeness (QED) is 0.0373. The maximum atomic E-state index is 12.3. The molecule has 0 aliphatic heterocycles. The van der Waals surface area contributed by atoms with Crippen LogP contribution >= 0.6 is 0 Å². The number of rotatable bonds is 62. The molecular weight excluding hydrogens is 885 g/mol. The Morgan fingerprint density at radius 1 is 0.319 bits per heavy atom. The van der Waals surface area contributed by atoms with E-state index in [1.807, 2.05) is 0 Å². The van der Waals surface area contributed by atoms with Crippen LogP contribution in [0.5, 0.6) is 0 Å². The maximum absolute atomic E-state index is 12.3.